The molecular weight excluding hydrogens is 164 g/mol. The summed E-state index contributed by atoms with van der Waals surface area (Å²) in [5.74, 6) is 0.0591. The minimum absolute atomic E-state index is 0.0591. The van der Waals surface area contributed by atoms with Gasteiger partial charge < -0.3 is 10.6 Å². The molecule has 3 heteroatoms. The second kappa shape index (κ2) is 3.18. The molecule has 0 aliphatic carbocycles. The predicted octanol–water partition coefficient (Wildman–Crippen LogP) is 0.356. The molecule has 2 N–H and O–H groups in total. The molecule has 3 nitrogen and oxygen atoms in total. The zero-order valence-corrected chi connectivity index (χ0v) is 7.31. The fourth-order valence-electron chi connectivity index (χ4n) is 1.47. The fourth-order valence-corrected chi connectivity index (χ4v) is 1.47. The molecule has 13 heavy (non-hydrogen) atoms. The smallest absolute Gasteiger partial charge is 0.241 e. The average molecular weight is 176 g/mol. The van der Waals surface area contributed by atoms with Gasteiger partial charge in [0.25, 0.3) is 0 Å². The van der Waals surface area contributed by atoms with Crippen LogP contribution < -0.4 is 5.73 Å². The summed E-state index contributed by atoms with van der Waals surface area (Å²) in [5.41, 5.74) is 6.63. The molecule has 1 aliphatic heterocycles. The van der Waals surface area contributed by atoms with E-state index in [0.29, 0.717) is 13.1 Å². The van der Waals surface area contributed by atoms with Gasteiger partial charge in [-0.3, -0.25) is 4.79 Å². The Morgan fingerprint density at radius 1 is 1.38 bits per heavy atom. The lowest BCUT2D eigenvalue weighted by molar-refractivity contribution is -0.143. The van der Waals surface area contributed by atoms with Gasteiger partial charge in [-0.25, -0.2) is 0 Å². The molecule has 68 valence electrons. The Kier molecular flexibility index (Phi) is 2.02. The van der Waals surface area contributed by atoms with E-state index in [2.05, 4.69) is 0 Å². The van der Waals surface area contributed by atoms with Crippen LogP contribution in [-0.2, 0) is 11.3 Å². The second-order valence-electron chi connectivity index (χ2n) is 3.31. The molecule has 1 aromatic carbocycles. The number of amides is 1. The molecule has 0 bridgehead atoms. The maximum Gasteiger partial charge on any atom is 0.241 e. The van der Waals surface area contributed by atoms with Crippen LogP contribution in [0.2, 0.25) is 0 Å². The molecule has 0 unspecified atom stereocenters. The van der Waals surface area contributed by atoms with Crippen molar-refractivity contribution in [2.24, 2.45) is 5.73 Å². The number of carbonyl (C=O) groups excluding carboxylic acids is 1. The molecule has 0 radical (unpaired) electrons. The highest BCUT2D eigenvalue weighted by Crippen LogP contribution is 2.12. The summed E-state index contributed by atoms with van der Waals surface area (Å²) in [7, 11) is 0. The molecule has 0 aromatic heterocycles. The third-order valence-electron chi connectivity index (χ3n) is 2.26. The van der Waals surface area contributed by atoms with Crippen LogP contribution in [0.1, 0.15) is 5.56 Å². The lowest BCUT2D eigenvalue weighted by Gasteiger charge is -2.36. The van der Waals surface area contributed by atoms with Crippen LogP contribution in [-0.4, -0.2) is 23.4 Å². The van der Waals surface area contributed by atoms with Crippen molar-refractivity contribution in [3.05, 3.63) is 35.9 Å². The van der Waals surface area contributed by atoms with Gasteiger partial charge >= 0.3 is 0 Å². The van der Waals surface area contributed by atoms with Gasteiger partial charge in [0.15, 0.2) is 0 Å². The monoisotopic (exact) mass is 176 g/mol. The highest BCUT2D eigenvalue weighted by molar-refractivity contribution is 5.87. The minimum atomic E-state index is -0.260. The number of hydrogen-bond acceptors (Lipinski definition) is 2. The van der Waals surface area contributed by atoms with Crippen molar-refractivity contribution >= 4 is 5.91 Å². The lowest BCUT2D eigenvalue weighted by atomic mass is 10.1. The molecule has 1 amide bonds. The summed E-state index contributed by atoms with van der Waals surface area (Å²) in [6.45, 7) is 1.38. The highest BCUT2D eigenvalue weighted by atomic mass is 16.2. The Morgan fingerprint density at radius 3 is 2.62 bits per heavy atom. The Hall–Kier alpha value is -1.35. The number of hydrogen-bond donors (Lipinski definition) is 1. The molecular formula is C10H12N2O. The molecule has 0 saturated carbocycles. The number of nitrogens with two attached hydrogens (primary N) is 1. The Balaban J connectivity index is 1.97. The van der Waals surface area contributed by atoms with Gasteiger partial charge in [0.1, 0.15) is 6.04 Å². The molecule has 1 fully saturated rings. The average Bonchev–Trinajstić information content (AvgIpc) is 2.19. The number of benzene rings is 1. The Bertz CT molecular complexity index is 310. The molecule has 1 heterocycles. The summed E-state index contributed by atoms with van der Waals surface area (Å²) in [5, 5.41) is 0. The van der Waals surface area contributed by atoms with Gasteiger partial charge in [0, 0.05) is 13.1 Å². The van der Waals surface area contributed by atoms with E-state index in [-0.39, 0.29) is 11.9 Å². The van der Waals surface area contributed by atoms with Crippen molar-refractivity contribution in [3.8, 4) is 0 Å². The predicted molar refractivity (Wildman–Crippen MR) is 49.8 cm³/mol. The Labute approximate surface area is 77.1 Å². The van der Waals surface area contributed by atoms with Crippen LogP contribution in [0, 0.1) is 0 Å². The van der Waals surface area contributed by atoms with Crippen molar-refractivity contribution in [3.63, 3.8) is 0 Å². The Morgan fingerprint density at radius 2 is 2.08 bits per heavy atom. The van der Waals surface area contributed by atoms with Gasteiger partial charge in [0.2, 0.25) is 5.91 Å². The number of β-lactam (4-membered cyclic amide) rings is 1. The van der Waals surface area contributed by atoms with Crippen molar-refractivity contribution in [2.45, 2.75) is 12.6 Å². The van der Waals surface area contributed by atoms with E-state index in [1.54, 1.807) is 4.90 Å². The van der Waals surface area contributed by atoms with Gasteiger partial charge in [0.05, 0.1) is 0 Å². The van der Waals surface area contributed by atoms with Crippen molar-refractivity contribution in [2.75, 3.05) is 6.54 Å². The molecule has 1 saturated heterocycles. The normalized spacial score (nSPS) is 21.5. The van der Waals surface area contributed by atoms with Gasteiger partial charge in [-0.1, -0.05) is 30.3 Å². The standard InChI is InChI=1S/C10H12N2O/c11-9-7-12(10(9)13)6-8-4-2-1-3-5-8/h1-5,9H,6-7,11H2/t9-/m1/s1. The topological polar surface area (TPSA) is 46.3 Å². The number of rotatable bonds is 2. The summed E-state index contributed by atoms with van der Waals surface area (Å²) < 4.78 is 0. The summed E-state index contributed by atoms with van der Waals surface area (Å²) in [6.07, 6.45) is 0. The molecule has 0 spiro atoms. The lowest BCUT2D eigenvalue weighted by Crippen LogP contribution is -2.60. The third-order valence-corrected chi connectivity index (χ3v) is 2.26. The first-order valence-electron chi connectivity index (χ1n) is 4.35. The summed E-state index contributed by atoms with van der Waals surface area (Å²) >= 11 is 0. The van der Waals surface area contributed by atoms with Crippen LogP contribution in [0.4, 0.5) is 0 Å². The van der Waals surface area contributed by atoms with E-state index < -0.39 is 0 Å². The first-order chi connectivity index (χ1) is 6.27. The highest BCUT2D eigenvalue weighted by Gasteiger charge is 2.32. The van der Waals surface area contributed by atoms with E-state index in [0.717, 1.165) is 5.56 Å². The number of carbonyl (C=O) groups is 1. The van der Waals surface area contributed by atoms with Crippen molar-refractivity contribution in [1.82, 2.24) is 4.90 Å². The largest absolute Gasteiger partial charge is 0.335 e. The van der Waals surface area contributed by atoms with Crippen LogP contribution in [0.25, 0.3) is 0 Å². The fraction of sp³-hybridized carbons (Fsp3) is 0.300. The second-order valence-corrected chi connectivity index (χ2v) is 3.31. The third kappa shape index (κ3) is 1.55. The van der Waals surface area contributed by atoms with E-state index in [4.69, 9.17) is 5.73 Å². The van der Waals surface area contributed by atoms with Crippen LogP contribution in [0.15, 0.2) is 30.3 Å². The molecule has 1 aromatic rings. The van der Waals surface area contributed by atoms with Crippen molar-refractivity contribution < 1.29 is 4.79 Å². The maximum atomic E-state index is 11.2. The summed E-state index contributed by atoms with van der Waals surface area (Å²) in [4.78, 5) is 12.9. The molecule has 2 rings (SSSR count). The SMILES string of the molecule is N[C@@H]1CN(Cc2ccccc2)C1=O. The van der Waals surface area contributed by atoms with Crippen LogP contribution in [0.3, 0.4) is 0 Å². The van der Waals surface area contributed by atoms with Gasteiger partial charge in [-0.15, -0.1) is 0 Å². The van der Waals surface area contributed by atoms with E-state index in [9.17, 15) is 4.79 Å². The van der Waals surface area contributed by atoms with Gasteiger partial charge in [-0.2, -0.15) is 0 Å². The van der Waals surface area contributed by atoms with Crippen molar-refractivity contribution in [1.29, 1.82) is 0 Å². The minimum Gasteiger partial charge on any atom is -0.335 e. The first kappa shape index (κ1) is 8.26. The maximum absolute atomic E-state index is 11.2. The number of likely N-dealkylation sites (tertiary alicyclic amines) is 1. The summed E-state index contributed by atoms with van der Waals surface area (Å²) in [6, 6.07) is 9.67. The molecule has 1 aliphatic rings. The quantitative estimate of drug-likeness (QED) is 0.661. The van der Waals surface area contributed by atoms with Crippen LogP contribution in [0.5, 0.6) is 0 Å². The van der Waals surface area contributed by atoms with E-state index in [1.165, 1.54) is 0 Å². The van der Waals surface area contributed by atoms with E-state index >= 15 is 0 Å². The van der Waals surface area contributed by atoms with E-state index in [1.807, 2.05) is 30.3 Å². The van der Waals surface area contributed by atoms with Gasteiger partial charge in [-0.05, 0) is 5.56 Å². The number of nitrogens with zero attached hydrogens (tertiary/aromatic N) is 1. The molecule has 1 atom stereocenters. The zero-order valence-electron chi connectivity index (χ0n) is 7.31. The zero-order chi connectivity index (χ0) is 9.26. The van der Waals surface area contributed by atoms with Crippen LogP contribution >= 0.6 is 0 Å². The first-order valence-corrected chi connectivity index (χ1v) is 4.35.